The van der Waals surface area contributed by atoms with Gasteiger partial charge in [-0.3, -0.25) is 0 Å². The molecule has 0 aromatic heterocycles. The van der Waals surface area contributed by atoms with Crippen LogP contribution >= 0.6 is 8.03 Å². The summed E-state index contributed by atoms with van der Waals surface area (Å²) in [5, 5.41) is 0. The molecule has 0 saturated carbocycles. The molecule has 66 valence electrons. The maximum atomic E-state index is 10.1. The second-order valence-electron chi connectivity index (χ2n) is 2.82. The predicted octanol–water partition coefficient (Wildman–Crippen LogP) is -0.546. The minimum absolute atomic E-state index is 0. The average molecular weight is 199 g/mol. The molecular weight excluding hydrogens is 182 g/mol. The molecule has 0 radical (unpaired) electrons. The Balaban J connectivity index is 0. The van der Waals surface area contributed by atoms with Gasteiger partial charge in [0, 0.05) is 0 Å². The molecule has 1 unspecified atom stereocenters. The van der Waals surface area contributed by atoms with Crippen LogP contribution in [0, 0.1) is 0 Å². The topological polar surface area (TPSA) is 40.1 Å². The van der Waals surface area contributed by atoms with E-state index in [0.29, 0.717) is 6.16 Å². The Morgan fingerprint density at radius 1 is 1.08 bits per heavy atom. The third-order valence-corrected chi connectivity index (χ3v) is 2.38. The Morgan fingerprint density at radius 3 is 2.08 bits per heavy atom. The van der Waals surface area contributed by atoms with Crippen LogP contribution in [0.15, 0.2) is 0 Å². The van der Waals surface area contributed by atoms with E-state index in [0.717, 1.165) is 12.8 Å². The minimum Gasteiger partial charge on any atom is -0.596 e. The molecule has 0 amide bonds. The Labute approximate surface area is 98.3 Å². The Kier molecular flexibility index (Phi) is 15.6. The fourth-order valence-electron chi connectivity index (χ4n) is 1.02. The summed E-state index contributed by atoms with van der Waals surface area (Å²) in [7, 11) is -2.12. The molecule has 0 aliphatic heterocycles. The molecule has 0 aliphatic carbocycles. The van der Waals surface area contributed by atoms with Crippen molar-refractivity contribution in [1.29, 1.82) is 0 Å². The van der Waals surface area contributed by atoms with Crippen LogP contribution in [0.1, 0.15) is 45.4 Å². The summed E-state index contributed by atoms with van der Waals surface area (Å²) in [5.74, 6) is 0. The van der Waals surface area contributed by atoms with Gasteiger partial charge in [-0.2, -0.15) is 0 Å². The van der Waals surface area contributed by atoms with Gasteiger partial charge >= 0.3 is 37.6 Å². The van der Waals surface area contributed by atoms with Gasteiger partial charge in [0.25, 0.3) is 0 Å². The zero-order valence-corrected chi connectivity index (χ0v) is 11.1. The van der Waals surface area contributed by atoms with Crippen LogP contribution < -0.4 is 34.5 Å². The van der Waals surface area contributed by atoms with Crippen molar-refractivity contribution >= 4 is 8.03 Å². The predicted molar refractivity (Wildman–Crippen MR) is 45.8 cm³/mol. The minimum atomic E-state index is -2.12. The third-order valence-electron chi connectivity index (χ3n) is 1.69. The molecule has 0 N–H and O–H groups in total. The average Bonchev–Trinajstić information content (AvgIpc) is 1.96. The van der Waals surface area contributed by atoms with Gasteiger partial charge in [-0.15, -0.1) is 0 Å². The Morgan fingerprint density at radius 2 is 1.58 bits per heavy atom. The van der Waals surface area contributed by atoms with Crippen LogP contribution in [-0.4, -0.2) is 6.16 Å². The maximum Gasteiger partial charge on any atom is 1.00 e. The summed E-state index contributed by atoms with van der Waals surface area (Å²) in [6.45, 7) is 2.18. The molecule has 1 atom stereocenters. The van der Waals surface area contributed by atoms with Gasteiger partial charge in [0.05, 0.1) is 0 Å². The van der Waals surface area contributed by atoms with E-state index in [2.05, 4.69) is 6.92 Å². The van der Waals surface area contributed by atoms with Gasteiger partial charge in [0.1, 0.15) is 6.16 Å². The van der Waals surface area contributed by atoms with Crippen LogP contribution in [0.2, 0.25) is 0 Å². The van der Waals surface area contributed by atoms with E-state index >= 15 is 0 Å². The van der Waals surface area contributed by atoms with Crippen LogP contribution in [-0.2, 0) is 4.57 Å². The zero-order chi connectivity index (χ0) is 8.53. The first-order chi connectivity index (χ1) is 5.27. The van der Waals surface area contributed by atoms with Gasteiger partial charge < -0.3 is 4.89 Å². The monoisotopic (exact) mass is 199 g/mol. The standard InChI is InChI=1S/C8H17O2P.Na/c1-2-3-4-5-6-7-8-11(9)10;/h2-8H2,1H3;/q;+1. The van der Waals surface area contributed by atoms with Crippen molar-refractivity contribution in [2.24, 2.45) is 0 Å². The van der Waals surface area contributed by atoms with Crippen molar-refractivity contribution in [2.45, 2.75) is 45.4 Å². The van der Waals surface area contributed by atoms with E-state index in [9.17, 15) is 9.46 Å². The molecule has 0 spiro atoms. The third kappa shape index (κ3) is 13.6. The van der Waals surface area contributed by atoms with E-state index in [-0.39, 0.29) is 29.6 Å². The summed E-state index contributed by atoms with van der Waals surface area (Å²) in [6.07, 6.45) is 7.27. The van der Waals surface area contributed by atoms with Gasteiger partial charge in [0.2, 0.25) is 0 Å². The van der Waals surface area contributed by atoms with Crippen LogP contribution in [0.5, 0.6) is 0 Å². The molecule has 0 aliphatic rings. The summed E-state index contributed by atoms with van der Waals surface area (Å²) < 4.78 is 10.1. The Hall–Kier alpha value is 1.06. The molecule has 0 bridgehead atoms. The largest absolute Gasteiger partial charge is 1.00 e. The fourth-order valence-corrected chi connectivity index (χ4v) is 1.50. The number of unbranched alkanes of at least 4 members (excludes halogenated alkanes) is 5. The van der Waals surface area contributed by atoms with Crippen molar-refractivity contribution < 1.29 is 39.0 Å². The maximum absolute atomic E-state index is 10.1. The van der Waals surface area contributed by atoms with Gasteiger partial charge in [-0.25, -0.2) is 0 Å². The van der Waals surface area contributed by atoms with Gasteiger partial charge in [-0.05, 0) is 12.8 Å². The van der Waals surface area contributed by atoms with Crippen molar-refractivity contribution in [2.75, 3.05) is 6.16 Å². The Bertz CT molecular complexity index is 109. The smallest absolute Gasteiger partial charge is 0.596 e. The first-order valence-electron chi connectivity index (χ1n) is 4.39. The summed E-state index contributed by atoms with van der Waals surface area (Å²) in [6, 6.07) is 0. The fraction of sp³-hybridized carbons (Fsp3) is 1.00. The second-order valence-corrected chi connectivity index (χ2v) is 3.94. The first-order valence-corrected chi connectivity index (χ1v) is 5.75. The number of hydrogen-bond donors (Lipinski definition) is 0. The van der Waals surface area contributed by atoms with Crippen LogP contribution in [0.4, 0.5) is 0 Å². The molecule has 0 heterocycles. The van der Waals surface area contributed by atoms with E-state index in [1.165, 1.54) is 25.7 Å². The summed E-state index contributed by atoms with van der Waals surface area (Å²) in [4.78, 5) is 10.1. The second kappa shape index (κ2) is 12.1. The quantitative estimate of drug-likeness (QED) is 0.313. The summed E-state index contributed by atoms with van der Waals surface area (Å²) in [5.41, 5.74) is 0. The van der Waals surface area contributed by atoms with Crippen molar-refractivity contribution in [3.63, 3.8) is 0 Å². The SMILES string of the molecule is CCCCCCCC[P+](=O)[O-].[Na+]. The van der Waals surface area contributed by atoms with Gasteiger partial charge in [-0.1, -0.05) is 37.2 Å². The molecule has 0 aromatic rings. The molecule has 0 rings (SSSR count). The van der Waals surface area contributed by atoms with Crippen LogP contribution in [0.3, 0.4) is 0 Å². The van der Waals surface area contributed by atoms with Crippen molar-refractivity contribution in [3.8, 4) is 0 Å². The molecular formula is C8H17NaO2P+. The normalized spacial score (nSPS) is 10.7. The van der Waals surface area contributed by atoms with E-state index < -0.39 is 8.03 Å². The van der Waals surface area contributed by atoms with Gasteiger partial charge in [0.15, 0.2) is 0 Å². The molecule has 0 saturated heterocycles. The molecule has 2 nitrogen and oxygen atoms in total. The number of hydrogen-bond acceptors (Lipinski definition) is 2. The van der Waals surface area contributed by atoms with Crippen molar-refractivity contribution in [1.82, 2.24) is 0 Å². The molecule has 0 aromatic carbocycles. The van der Waals surface area contributed by atoms with E-state index in [4.69, 9.17) is 0 Å². The van der Waals surface area contributed by atoms with E-state index in [1.807, 2.05) is 0 Å². The molecule has 4 heteroatoms. The molecule has 12 heavy (non-hydrogen) atoms. The van der Waals surface area contributed by atoms with E-state index in [1.54, 1.807) is 0 Å². The zero-order valence-electron chi connectivity index (χ0n) is 8.21. The number of rotatable bonds is 7. The molecule has 0 fully saturated rings. The van der Waals surface area contributed by atoms with Crippen molar-refractivity contribution in [3.05, 3.63) is 0 Å². The summed E-state index contributed by atoms with van der Waals surface area (Å²) >= 11 is 0. The first kappa shape index (κ1) is 15.5. The van der Waals surface area contributed by atoms with Crippen LogP contribution in [0.25, 0.3) is 0 Å².